The first-order valence-corrected chi connectivity index (χ1v) is 9.96. The highest BCUT2D eigenvalue weighted by Gasteiger charge is 2.20. The van der Waals surface area contributed by atoms with Gasteiger partial charge in [0.25, 0.3) is 15.9 Å². The summed E-state index contributed by atoms with van der Waals surface area (Å²) in [6.45, 7) is 1.61. The largest absolute Gasteiger partial charge is 0.433 e. The number of hydrogen-bond acceptors (Lipinski definition) is 6. The molecule has 0 fully saturated rings. The third-order valence-electron chi connectivity index (χ3n) is 3.81. The molecule has 0 saturated carbocycles. The number of carbonyl (C=O) groups is 1. The number of hydrogen-bond donors (Lipinski definition) is 2. The van der Waals surface area contributed by atoms with Crippen LogP contribution in [-0.2, 0) is 10.0 Å². The topological polar surface area (TPSA) is 132 Å². The number of benzene rings is 2. The number of amides is 1. The van der Waals surface area contributed by atoms with Crippen molar-refractivity contribution >= 4 is 44.8 Å². The number of aryl methyl sites for hydroxylation is 1. The number of nitro groups is 1. The predicted octanol–water partition coefficient (Wildman–Crippen LogP) is 4.20. The molecule has 11 heteroatoms. The first-order valence-electron chi connectivity index (χ1n) is 8.10. The van der Waals surface area contributed by atoms with E-state index in [1.54, 1.807) is 25.1 Å². The average Bonchev–Trinajstić information content (AvgIpc) is 3.13. The highest BCUT2D eigenvalue weighted by Crippen LogP contribution is 2.25. The minimum atomic E-state index is -3.96. The Hall–Kier alpha value is -3.37. The number of halogens is 1. The van der Waals surface area contributed by atoms with Crippen molar-refractivity contribution in [3.8, 4) is 0 Å². The van der Waals surface area contributed by atoms with E-state index in [0.717, 1.165) is 12.1 Å². The van der Waals surface area contributed by atoms with E-state index in [4.69, 9.17) is 16.0 Å². The summed E-state index contributed by atoms with van der Waals surface area (Å²) in [5.74, 6) is -1.61. The van der Waals surface area contributed by atoms with Crippen molar-refractivity contribution in [3.05, 3.63) is 81.1 Å². The van der Waals surface area contributed by atoms with Crippen LogP contribution in [0, 0.1) is 17.0 Å². The zero-order chi connectivity index (χ0) is 21.2. The van der Waals surface area contributed by atoms with Gasteiger partial charge in [-0.2, -0.15) is 0 Å². The van der Waals surface area contributed by atoms with Crippen LogP contribution in [0.1, 0.15) is 16.1 Å². The van der Waals surface area contributed by atoms with Crippen molar-refractivity contribution in [1.82, 2.24) is 0 Å². The average molecular weight is 436 g/mol. The molecule has 0 aliphatic carbocycles. The molecule has 2 N–H and O–H groups in total. The van der Waals surface area contributed by atoms with E-state index in [-0.39, 0.29) is 22.0 Å². The molecule has 1 heterocycles. The summed E-state index contributed by atoms with van der Waals surface area (Å²) in [5, 5.41) is 13.5. The van der Waals surface area contributed by atoms with Crippen molar-refractivity contribution in [2.24, 2.45) is 0 Å². The number of nitrogens with one attached hydrogen (secondary N) is 2. The molecule has 29 heavy (non-hydrogen) atoms. The lowest BCUT2D eigenvalue weighted by atomic mass is 10.2. The Kier molecular flexibility index (Phi) is 5.57. The molecule has 3 rings (SSSR count). The smallest absolute Gasteiger partial charge is 0.395 e. The van der Waals surface area contributed by atoms with E-state index < -0.39 is 26.7 Å². The van der Waals surface area contributed by atoms with Crippen molar-refractivity contribution in [3.63, 3.8) is 0 Å². The maximum atomic E-state index is 12.8. The van der Waals surface area contributed by atoms with Gasteiger partial charge >= 0.3 is 5.88 Å². The number of furan rings is 1. The Labute approximate surface area is 170 Å². The SMILES string of the molecule is Cc1ccc(NC(=O)c2ccc([N+](=O)[O-])o2)cc1S(=O)(=O)Nc1cccc(Cl)c1. The van der Waals surface area contributed by atoms with E-state index >= 15 is 0 Å². The van der Waals surface area contributed by atoms with Crippen molar-refractivity contribution < 1.29 is 22.6 Å². The van der Waals surface area contributed by atoms with Crippen LogP contribution in [0.4, 0.5) is 17.3 Å². The molecule has 0 unspecified atom stereocenters. The molecule has 0 aliphatic heterocycles. The van der Waals surface area contributed by atoms with Crippen molar-refractivity contribution in [1.29, 1.82) is 0 Å². The quantitative estimate of drug-likeness (QED) is 0.440. The molecule has 0 saturated heterocycles. The molecule has 150 valence electrons. The number of rotatable bonds is 6. The molecular formula is C18H14ClN3O6S. The predicted molar refractivity (Wildman–Crippen MR) is 107 cm³/mol. The summed E-state index contributed by atoms with van der Waals surface area (Å²) >= 11 is 5.88. The third kappa shape index (κ3) is 4.73. The molecule has 2 aromatic carbocycles. The summed E-state index contributed by atoms with van der Waals surface area (Å²) in [5.41, 5.74) is 0.909. The molecule has 1 amide bonds. The van der Waals surface area contributed by atoms with Gasteiger partial charge in [0.15, 0.2) is 5.76 Å². The Morgan fingerprint density at radius 1 is 1.10 bits per heavy atom. The van der Waals surface area contributed by atoms with Gasteiger partial charge in [0.1, 0.15) is 4.92 Å². The summed E-state index contributed by atoms with van der Waals surface area (Å²) < 4.78 is 32.8. The van der Waals surface area contributed by atoms with Gasteiger partial charge in [0.2, 0.25) is 0 Å². The maximum Gasteiger partial charge on any atom is 0.433 e. The van der Waals surface area contributed by atoms with E-state index in [9.17, 15) is 23.3 Å². The normalized spacial score (nSPS) is 11.1. The first kappa shape index (κ1) is 20.4. The molecule has 0 radical (unpaired) electrons. The first-order chi connectivity index (χ1) is 13.7. The lowest BCUT2D eigenvalue weighted by Crippen LogP contribution is -2.16. The van der Waals surface area contributed by atoms with E-state index in [0.29, 0.717) is 10.6 Å². The van der Waals surface area contributed by atoms with Crippen LogP contribution in [0.2, 0.25) is 5.02 Å². The second-order valence-corrected chi connectivity index (χ2v) is 8.03. The fraction of sp³-hybridized carbons (Fsp3) is 0.0556. The Morgan fingerprint density at radius 2 is 1.86 bits per heavy atom. The van der Waals surface area contributed by atoms with Crippen LogP contribution in [0.3, 0.4) is 0 Å². The maximum absolute atomic E-state index is 12.8. The van der Waals surface area contributed by atoms with E-state index in [1.165, 1.54) is 24.3 Å². The summed E-state index contributed by atoms with van der Waals surface area (Å²) in [4.78, 5) is 22.1. The van der Waals surface area contributed by atoms with Gasteiger partial charge in [-0.15, -0.1) is 0 Å². The van der Waals surface area contributed by atoms with Crippen molar-refractivity contribution in [2.75, 3.05) is 10.0 Å². The fourth-order valence-electron chi connectivity index (χ4n) is 2.47. The molecule has 0 spiro atoms. The molecule has 1 aromatic heterocycles. The highest BCUT2D eigenvalue weighted by atomic mass is 35.5. The highest BCUT2D eigenvalue weighted by molar-refractivity contribution is 7.92. The van der Waals surface area contributed by atoms with Gasteiger partial charge in [0, 0.05) is 10.7 Å². The lowest BCUT2D eigenvalue weighted by Gasteiger charge is -2.12. The van der Waals surface area contributed by atoms with Crippen molar-refractivity contribution in [2.45, 2.75) is 11.8 Å². The minimum absolute atomic E-state index is 0.0549. The number of anilines is 2. The monoisotopic (exact) mass is 435 g/mol. The fourth-order valence-corrected chi connectivity index (χ4v) is 3.98. The second-order valence-electron chi connectivity index (χ2n) is 5.95. The molecular weight excluding hydrogens is 422 g/mol. The second kappa shape index (κ2) is 7.94. The van der Waals surface area contributed by atoms with Gasteiger partial charge < -0.3 is 9.73 Å². The van der Waals surface area contributed by atoms with Gasteiger partial charge in [-0.25, -0.2) is 8.42 Å². The standard InChI is InChI=1S/C18H14ClN3O6S/c1-11-5-6-13(20-18(23)15-7-8-17(28-15)22(24)25)10-16(11)29(26,27)21-14-4-2-3-12(19)9-14/h2-10,21H,1H3,(H,20,23). The van der Waals surface area contributed by atoms with Gasteiger partial charge in [0.05, 0.1) is 16.6 Å². The molecule has 0 atom stereocenters. The zero-order valence-electron chi connectivity index (χ0n) is 14.9. The zero-order valence-corrected chi connectivity index (χ0v) is 16.5. The molecule has 0 aliphatic rings. The van der Waals surface area contributed by atoms with E-state index in [1.807, 2.05) is 0 Å². The van der Waals surface area contributed by atoms with Crippen LogP contribution in [0.25, 0.3) is 0 Å². The summed E-state index contributed by atoms with van der Waals surface area (Å²) in [6.07, 6.45) is 0. The number of nitrogens with zero attached hydrogens (tertiary/aromatic N) is 1. The third-order valence-corrected chi connectivity index (χ3v) is 5.57. The van der Waals surface area contributed by atoms with Crippen LogP contribution >= 0.6 is 11.6 Å². The summed E-state index contributed by atoms with van der Waals surface area (Å²) in [6, 6.07) is 12.7. The van der Waals surface area contributed by atoms with Crippen LogP contribution in [-0.4, -0.2) is 19.2 Å². The molecule has 9 nitrogen and oxygen atoms in total. The Morgan fingerprint density at radius 3 is 2.52 bits per heavy atom. The van der Waals surface area contributed by atoms with Gasteiger partial charge in [-0.3, -0.25) is 19.6 Å². The van der Waals surface area contributed by atoms with E-state index in [2.05, 4.69) is 10.0 Å². The lowest BCUT2D eigenvalue weighted by molar-refractivity contribution is -0.402. The van der Waals surface area contributed by atoms with Crippen LogP contribution < -0.4 is 10.0 Å². The van der Waals surface area contributed by atoms with Crippen LogP contribution in [0.15, 0.2) is 63.9 Å². The number of sulfonamides is 1. The van der Waals surface area contributed by atoms with Gasteiger partial charge in [-0.05, 0) is 48.9 Å². The van der Waals surface area contributed by atoms with Crippen LogP contribution in [0.5, 0.6) is 0 Å². The molecule has 3 aromatic rings. The minimum Gasteiger partial charge on any atom is -0.395 e. The van der Waals surface area contributed by atoms with Gasteiger partial charge in [-0.1, -0.05) is 23.7 Å². The number of carbonyl (C=O) groups excluding carboxylic acids is 1. The Bertz CT molecular complexity index is 1210. The summed E-state index contributed by atoms with van der Waals surface area (Å²) in [7, 11) is -3.96. The Balaban J connectivity index is 1.85. The molecule has 0 bridgehead atoms.